The third-order valence-electron chi connectivity index (χ3n) is 4.51. The molecule has 0 bridgehead atoms. The van der Waals surface area contributed by atoms with E-state index in [0.717, 1.165) is 6.42 Å². The van der Waals surface area contributed by atoms with Crippen molar-refractivity contribution in [1.29, 1.82) is 0 Å². The molecule has 0 aromatic heterocycles. The topological polar surface area (TPSA) is 89.5 Å². The molecule has 6 nitrogen and oxygen atoms in total. The number of halogens is 1. The van der Waals surface area contributed by atoms with Crippen LogP contribution in [0.3, 0.4) is 0 Å². The smallest absolute Gasteiger partial charge is 0.273 e. The summed E-state index contributed by atoms with van der Waals surface area (Å²) in [5.41, 5.74) is 6.97. The van der Waals surface area contributed by atoms with Crippen LogP contribution in [0.5, 0.6) is 0 Å². The molecule has 0 aliphatic carbocycles. The third kappa shape index (κ3) is 4.00. The molecule has 1 atom stereocenters. The number of hydrogen-bond acceptors (Lipinski definition) is 4. The number of nitrogens with two attached hydrogens (primary N) is 1. The fourth-order valence-electron chi connectivity index (χ4n) is 2.90. The Morgan fingerprint density at radius 3 is 2.65 bits per heavy atom. The maximum absolute atomic E-state index is 12.6. The number of rotatable bonds is 3. The molecule has 2 N–H and O–H groups in total. The Morgan fingerprint density at radius 2 is 2.13 bits per heavy atom. The quantitative estimate of drug-likeness (QED) is 0.676. The fraction of sp³-hybridized carbons (Fsp3) is 0.562. The minimum Gasteiger partial charge on any atom is -0.338 e. The van der Waals surface area contributed by atoms with E-state index in [1.165, 1.54) is 6.07 Å². The van der Waals surface area contributed by atoms with E-state index in [2.05, 4.69) is 0 Å². The van der Waals surface area contributed by atoms with Gasteiger partial charge < -0.3 is 10.6 Å². The highest BCUT2D eigenvalue weighted by Crippen LogP contribution is 2.29. The summed E-state index contributed by atoms with van der Waals surface area (Å²) in [5, 5.41) is 11.1. The number of nitro benzene ring substituents is 1. The zero-order chi connectivity index (χ0) is 16.5. The van der Waals surface area contributed by atoms with E-state index in [9.17, 15) is 14.9 Å². The Hall–Kier alpha value is -1.66. The van der Waals surface area contributed by atoms with Gasteiger partial charge in [0.1, 0.15) is 0 Å². The van der Waals surface area contributed by atoms with Crippen LogP contribution in [-0.2, 0) is 6.42 Å². The van der Waals surface area contributed by atoms with Crippen LogP contribution in [0.15, 0.2) is 18.2 Å². The summed E-state index contributed by atoms with van der Waals surface area (Å²) in [6, 6.07) is 4.80. The van der Waals surface area contributed by atoms with Gasteiger partial charge >= 0.3 is 0 Å². The van der Waals surface area contributed by atoms with E-state index in [4.69, 9.17) is 5.73 Å². The Labute approximate surface area is 142 Å². The summed E-state index contributed by atoms with van der Waals surface area (Å²) in [4.78, 5) is 25.1. The summed E-state index contributed by atoms with van der Waals surface area (Å²) in [5.74, 6) is -0.161. The molecular weight excluding hydrogens is 318 g/mol. The molecule has 1 aromatic carbocycles. The average molecular weight is 342 g/mol. The number of carbonyl (C=O) groups is 1. The summed E-state index contributed by atoms with van der Waals surface area (Å²) in [7, 11) is 0. The molecular formula is C16H24ClN3O3. The van der Waals surface area contributed by atoms with Crippen LogP contribution in [0.1, 0.15) is 43.1 Å². The lowest BCUT2D eigenvalue weighted by Crippen LogP contribution is -2.54. The maximum Gasteiger partial charge on any atom is 0.273 e. The maximum atomic E-state index is 12.6. The van der Waals surface area contributed by atoms with Crippen molar-refractivity contribution in [2.45, 2.75) is 39.7 Å². The van der Waals surface area contributed by atoms with Gasteiger partial charge in [-0.15, -0.1) is 12.4 Å². The highest BCUT2D eigenvalue weighted by molar-refractivity contribution is 5.95. The van der Waals surface area contributed by atoms with Crippen LogP contribution in [-0.4, -0.2) is 34.9 Å². The zero-order valence-electron chi connectivity index (χ0n) is 13.7. The van der Waals surface area contributed by atoms with Crippen molar-refractivity contribution < 1.29 is 9.72 Å². The van der Waals surface area contributed by atoms with Crippen LogP contribution >= 0.6 is 12.4 Å². The second-order valence-corrected chi connectivity index (χ2v) is 6.56. The van der Waals surface area contributed by atoms with E-state index in [1.807, 2.05) is 20.8 Å². The Balaban J connectivity index is 0.00000264. The third-order valence-corrected chi connectivity index (χ3v) is 4.51. The molecule has 1 aromatic rings. The number of aryl methyl sites for hydroxylation is 1. The molecule has 128 valence electrons. The van der Waals surface area contributed by atoms with E-state index in [-0.39, 0.29) is 35.5 Å². The molecule has 2 rings (SSSR count). The van der Waals surface area contributed by atoms with Gasteiger partial charge in [-0.2, -0.15) is 0 Å². The van der Waals surface area contributed by atoms with Crippen LogP contribution in [0.4, 0.5) is 5.69 Å². The lowest BCUT2D eigenvalue weighted by molar-refractivity contribution is -0.385. The summed E-state index contributed by atoms with van der Waals surface area (Å²) < 4.78 is 0. The Bertz CT molecular complexity index is 604. The normalized spacial score (nSPS) is 19.8. The van der Waals surface area contributed by atoms with E-state index >= 15 is 0 Å². The minimum absolute atomic E-state index is 0. The van der Waals surface area contributed by atoms with Gasteiger partial charge in [0.15, 0.2) is 0 Å². The lowest BCUT2D eigenvalue weighted by atomic mass is 9.79. The highest BCUT2D eigenvalue weighted by atomic mass is 35.5. The lowest BCUT2D eigenvalue weighted by Gasteiger charge is -2.42. The molecule has 1 aliphatic heterocycles. The first kappa shape index (κ1) is 19.4. The first-order valence-corrected chi connectivity index (χ1v) is 7.58. The number of amides is 1. The SMILES string of the molecule is CCc1ccc(C(=O)N2CCC(N)C(C)(C)C2)cc1[N+](=O)[O-].Cl. The average Bonchev–Trinajstić information content (AvgIpc) is 2.48. The van der Waals surface area contributed by atoms with Crippen LogP contribution in [0.2, 0.25) is 0 Å². The molecule has 1 amide bonds. The van der Waals surface area contributed by atoms with Crippen molar-refractivity contribution in [1.82, 2.24) is 4.90 Å². The first-order chi connectivity index (χ1) is 10.3. The number of benzene rings is 1. The van der Waals surface area contributed by atoms with Crippen molar-refractivity contribution in [2.75, 3.05) is 13.1 Å². The number of nitrogens with zero attached hydrogens (tertiary/aromatic N) is 2. The molecule has 1 heterocycles. The molecule has 0 saturated carbocycles. The Kier molecular flexibility index (Phi) is 6.13. The first-order valence-electron chi connectivity index (χ1n) is 7.58. The van der Waals surface area contributed by atoms with Gasteiger partial charge in [-0.1, -0.05) is 26.8 Å². The standard InChI is InChI=1S/C16H23N3O3.ClH/c1-4-11-5-6-12(9-13(11)19(21)22)15(20)18-8-7-14(17)16(2,3)10-18;/h5-6,9,14H,4,7-8,10,17H2,1-3H3;1H. The monoisotopic (exact) mass is 341 g/mol. The number of nitro groups is 1. The predicted molar refractivity (Wildman–Crippen MR) is 92.0 cm³/mol. The number of carbonyl (C=O) groups excluding carboxylic acids is 1. The van der Waals surface area contributed by atoms with E-state index in [1.54, 1.807) is 17.0 Å². The molecule has 1 fully saturated rings. The van der Waals surface area contributed by atoms with Gasteiger partial charge in [0.05, 0.1) is 4.92 Å². The largest absolute Gasteiger partial charge is 0.338 e. The van der Waals surface area contributed by atoms with Gasteiger partial charge in [-0.25, -0.2) is 0 Å². The second kappa shape index (κ2) is 7.27. The predicted octanol–water partition coefficient (Wildman–Crippen LogP) is 2.78. The zero-order valence-corrected chi connectivity index (χ0v) is 14.6. The number of hydrogen-bond donors (Lipinski definition) is 1. The van der Waals surface area contributed by atoms with Gasteiger partial charge in [0.25, 0.3) is 11.6 Å². The molecule has 23 heavy (non-hydrogen) atoms. The van der Waals surface area contributed by atoms with Crippen LogP contribution < -0.4 is 5.73 Å². The van der Waals surface area contributed by atoms with Crippen molar-refractivity contribution in [3.8, 4) is 0 Å². The van der Waals surface area contributed by atoms with Crippen molar-refractivity contribution in [3.05, 3.63) is 39.4 Å². The minimum atomic E-state index is -0.425. The molecule has 0 radical (unpaired) electrons. The Morgan fingerprint density at radius 1 is 1.48 bits per heavy atom. The van der Waals surface area contributed by atoms with Gasteiger partial charge in [-0.05, 0) is 24.3 Å². The van der Waals surface area contributed by atoms with Gasteiger partial charge in [-0.3, -0.25) is 14.9 Å². The summed E-state index contributed by atoms with van der Waals surface area (Å²) in [6.45, 7) is 7.10. The molecule has 1 unspecified atom stereocenters. The second-order valence-electron chi connectivity index (χ2n) is 6.56. The highest BCUT2D eigenvalue weighted by Gasteiger charge is 2.35. The van der Waals surface area contributed by atoms with Crippen LogP contribution in [0.25, 0.3) is 0 Å². The summed E-state index contributed by atoms with van der Waals surface area (Å²) >= 11 is 0. The fourth-order valence-corrected chi connectivity index (χ4v) is 2.90. The van der Waals surface area contributed by atoms with Gasteiger partial charge in [0, 0.05) is 36.3 Å². The number of likely N-dealkylation sites (tertiary alicyclic amines) is 1. The molecule has 7 heteroatoms. The van der Waals surface area contributed by atoms with Crippen LogP contribution in [0, 0.1) is 15.5 Å². The van der Waals surface area contributed by atoms with E-state index in [0.29, 0.717) is 30.6 Å². The van der Waals surface area contributed by atoms with E-state index < -0.39 is 4.92 Å². The molecule has 0 spiro atoms. The molecule has 1 saturated heterocycles. The van der Waals surface area contributed by atoms with Crippen molar-refractivity contribution in [2.24, 2.45) is 11.1 Å². The van der Waals surface area contributed by atoms with Crippen molar-refractivity contribution >= 4 is 24.0 Å². The van der Waals surface area contributed by atoms with Gasteiger partial charge in [0.2, 0.25) is 0 Å². The summed E-state index contributed by atoms with van der Waals surface area (Å²) in [6.07, 6.45) is 1.31. The van der Waals surface area contributed by atoms with Crippen molar-refractivity contribution in [3.63, 3.8) is 0 Å². The number of piperidine rings is 1. The molecule has 1 aliphatic rings.